The number of hydrogen-bond acceptors (Lipinski definition) is 6. The van der Waals surface area contributed by atoms with E-state index in [1.54, 1.807) is 18.2 Å². The third-order valence-corrected chi connectivity index (χ3v) is 11.6. The number of aromatic nitrogens is 2. The molecule has 0 amide bonds. The van der Waals surface area contributed by atoms with Gasteiger partial charge in [-0.15, -0.1) is 0 Å². The molecule has 0 saturated heterocycles. The summed E-state index contributed by atoms with van der Waals surface area (Å²) in [5.74, 6) is 1.52. The van der Waals surface area contributed by atoms with Gasteiger partial charge in [-0.05, 0) is 82.3 Å². The molecule has 276 valence electrons. The van der Waals surface area contributed by atoms with Crippen LogP contribution in [0, 0.1) is 0 Å². The summed E-state index contributed by atoms with van der Waals surface area (Å²) in [6, 6.07) is 19.2. The van der Waals surface area contributed by atoms with Crippen molar-refractivity contribution in [3.8, 4) is 0 Å². The van der Waals surface area contributed by atoms with E-state index in [9.17, 15) is 9.59 Å². The number of halogens is 4. The van der Waals surface area contributed by atoms with Gasteiger partial charge in [-0.1, -0.05) is 138 Å². The minimum Gasteiger partial charge on any atom is -0.288 e. The number of carbonyl (C=O) groups excluding carboxylic acids is 2. The van der Waals surface area contributed by atoms with Crippen LogP contribution in [0.2, 0.25) is 20.1 Å². The smallest absolute Gasteiger partial charge is 0.197 e. The first kappa shape index (κ1) is 38.1. The third kappa shape index (κ3) is 6.31. The van der Waals surface area contributed by atoms with Gasteiger partial charge in [0, 0.05) is 11.1 Å². The minimum atomic E-state index is -0.416. The Labute approximate surface area is 336 Å². The number of nitrogens with zero attached hydrogens (tertiary/aromatic N) is 4. The quantitative estimate of drug-likeness (QED) is 0.121. The van der Waals surface area contributed by atoms with Crippen molar-refractivity contribution < 1.29 is 9.59 Å². The predicted octanol–water partition coefficient (Wildman–Crippen LogP) is 13.9. The average molecular weight is 799 g/mol. The molecule has 0 fully saturated rings. The lowest BCUT2D eigenvalue weighted by atomic mass is 9.91. The molecule has 4 aromatic carbocycles. The normalized spacial score (nSPS) is 14.1. The van der Waals surface area contributed by atoms with Gasteiger partial charge in [0.2, 0.25) is 0 Å². The molecule has 1 aliphatic carbocycles. The Morgan fingerprint density at radius 3 is 1.19 bits per heavy atom. The minimum absolute atomic E-state index is 0.0128. The van der Waals surface area contributed by atoms with Crippen LogP contribution in [0.4, 0.5) is 23.0 Å². The van der Waals surface area contributed by atoms with E-state index in [-0.39, 0.29) is 50.4 Å². The van der Waals surface area contributed by atoms with Crippen LogP contribution < -0.4 is 9.80 Å². The van der Waals surface area contributed by atoms with E-state index in [0.717, 1.165) is 33.6 Å². The first-order valence-electron chi connectivity index (χ1n) is 18.1. The van der Waals surface area contributed by atoms with Crippen LogP contribution in [0.5, 0.6) is 0 Å². The van der Waals surface area contributed by atoms with E-state index >= 15 is 0 Å². The van der Waals surface area contributed by atoms with Crippen molar-refractivity contribution in [1.29, 1.82) is 0 Å². The van der Waals surface area contributed by atoms with E-state index in [1.165, 1.54) is 12.1 Å². The van der Waals surface area contributed by atoms with Crippen LogP contribution in [-0.4, -0.2) is 21.5 Å². The molecule has 6 nitrogen and oxygen atoms in total. The van der Waals surface area contributed by atoms with E-state index in [2.05, 4.69) is 102 Å². The molecule has 0 bridgehead atoms. The van der Waals surface area contributed by atoms with Gasteiger partial charge in [-0.2, -0.15) is 0 Å². The maximum Gasteiger partial charge on any atom is 0.197 e. The number of allylic oxidation sites excluding steroid dienone is 3. The van der Waals surface area contributed by atoms with Crippen LogP contribution in [-0.2, 0) is 0 Å². The van der Waals surface area contributed by atoms with Crippen LogP contribution in [0.25, 0.3) is 11.0 Å². The number of ketones is 2. The lowest BCUT2D eigenvalue weighted by Crippen LogP contribution is -2.26. The molecule has 1 aromatic heterocycles. The molecule has 2 aliphatic rings. The lowest BCUT2D eigenvalue weighted by Gasteiger charge is -2.32. The Morgan fingerprint density at radius 1 is 0.519 bits per heavy atom. The van der Waals surface area contributed by atoms with Gasteiger partial charge in [0.25, 0.3) is 0 Å². The summed E-state index contributed by atoms with van der Waals surface area (Å²) >= 11 is 25.8. The molecule has 0 saturated carbocycles. The van der Waals surface area contributed by atoms with Gasteiger partial charge >= 0.3 is 0 Å². The lowest BCUT2D eigenvalue weighted by molar-refractivity contribution is 0.0988. The summed E-state index contributed by atoms with van der Waals surface area (Å²) in [6.45, 7) is 17.4. The number of benzene rings is 4. The Balaban J connectivity index is 1.63. The molecule has 10 heteroatoms. The number of anilines is 4. The second-order valence-corrected chi connectivity index (χ2v) is 16.7. The maximum absolute atomic E-state index is 13.9. The van der Waals surface area contributed by atoms with E-state index < -0.39 is 11.6 Å². The molecule has 1 aliphatic heterocycles. The number of hydrogen-bond donors (Lipinski definition) is 0. The van der Waals surface area contributed by atoms with Crippen LogP contribution in [0.3, 0.4) is 0 Å². The monoisotopic (exact) mass is 796 g/mol. The number of para-hydroxylation sites is 2. The van der Waals surface area contributed by atoms with Crippen molar-refractivity contribution >= 4 is 92.0 Å². The number of carbonyl (C=O) groups is 2. The summed E-state index contributed by atoms with van der Waals surface area (Å²) < 4.78 is 0. The Kier molecular flexibility index (Phi) is 10.2. The molecule has 0 spiro atoms. The highest BCUT2D eigenvalue weighted by molar-refractivity contribution is 6.45. The molecular weight excluding hydrogens is 758 g/mol. The topological polar surface area (TPSA) is 66.4 Å². The Bertz CT molecular complexity index is 2250. The number of rotatable bonds is 7. The summed E-state index contributed by atoms with van der Waals surface area (Å²) in [4.78, 5) is 42.7. The predicted molar refractivity (Wildman–Crippen MR) is 224 cm³/mol. The number of Topliss-reactive ketones (excluding diaryl/α,β-unsaturated/α-hetero) is 2. The largest absolute Gasteiger partial charge is 0.288 e. The fraction of sp³-hybridized carbons (Fsp3) is 0.273. The van der Waals surface area contributed by atoms with Gasteiger partial charge in [-0.25, -0.2) is 9.97 Å². The zero-order valence-corrected chi connectivity index (χ0v) is 34.4. The van der Waals surface area contributed by atoms with Gasteiger partial charge in [0.15, 0.2) is 23.2 Å². The zero-order chi connectivity index (χ0) is 38.9. The highest BCUT2D eigenvalue weighted by atomic mass is 35.5. The summed E-state index contributed by atoms with van der Waals surface area (Å²) in [5.41, 5.74) is 7.97. The van der Waals surface area contributed by atoms with Crippen molar-refractivity contribution in [2.45, 2.75) is 79.1 Å². The Morgan fingerprint density at radius 2 is 0.852 bits per heavy atom. The van der Waals surface area contributed by atoms with Crippen molar-refractivity contribution in [2.24, 2.45) is 0 Å². The zero-order valence-electron chi connectivity index (χ0n) is 31.4. The van der Waals surface area contributed by atoms with Crippen molar-refractivity contribution in [1.82, 2.24) is 9.97 Å². The van der Waals surface area contributed by atoms with E-state index in [1.807, 2.05) is 6.08 Å². The van der Waals surface area contributed by atoms with E-state index in [4.69, 9.17) is 56.4 Å². The summed E-state index contributed by atoms with van der Waals surface area (Å²) in [7, 11) is 0. The van der Waals surface area contributed by atoms with Gasteiger partial charge in [0.1, 0.15) is 5.82 Å². The SMILES string of the molecule is CC(C)c1cccc(C(C)C)c1N1C(=CC=C2C(=O)c3cc(Cl)c(Cl)cc3C2=O)N(c2c(C(C)C)cccc2C(C)C)c2nc3cc(Cl)c(Cl)cc3nc21. The fourth-order valence-electron chi connectivity index (χ4n) is 7.41. The van der Waals surface area contributed by atoms with Gasteiger partial charge < -0.3 is 0 Å². The second kappa shape index (κ2) is 14.5. The molecule has 0 radical (unpaired) electrons. The van der Waals surface area contributed by atoms with Crippen molar-refractivity contribution in [3.63, 3.8) is 0 Å². The first-order chi connectivity index (χ1) is 25.6. The molecule has 0 N–H and O–H groups in total. The van der Waals surface area contributed by atoms with Crippen molar-refractivity contribution in [2.75, 3.05) is 9.80 Å². The maximum atomic E-state index is 13.9. The molecule has 0 unspecified atom stereocenters. The van der Waals surface area contributed by atoms with Crippen LogP contribution >= 0.6 is 46.4 Å². The number of fused-ring (bicyclic) bond motifs is 3. The van der Waals surface area contributed by atoms with E-state index in [0.29, 0.717) is 38.5 Å². The molecule has 2 heterocycles. The fourth-order valence-corrected chi connectivity index (χ4v) is 8.05. The Hall–Kier alpha value is -4.20. The summed E-state index contributed by atoms with van der Waals surface area (Å²) in [5, 5.41) is 1.16. The highest BCUT2D eigenvalue weighted by Gasteiger charge is 2.42. The van der Waals surface area contributed by atoms with Crippen LogP contribution in [0.15, 0.2) is 84.2 Å². The highest BCUT2D eigenvalue weighted by Crippen LogP contribution is 2.54. The van der Waals surface area contributed by atoms with Gasteiger partial charge in [0.05, 0.1) is 48.1 Å². The molecule has 5 aromatic rings. The molecule has 7 rings (SSSR count). The molecule has 54 heavy (non-hydrogen) atoms. The molecular formula is C44H40Cl4N4O2. The second-order valence-electron chi connectivity index (χ2n) is 15.1. The average Bonchev–Trinajstić information content (AvgIpc) is 3.54. The third-order valence-electron chi connectivity index (χ3n) is 10.1. The molecule has 0 atom stereocenters. The standard InChI is InChI=1S/C44H40Cl4N4O2/c1-21(2)25-11-9-12-26(22(3)4)39(25)51-38(16-15-29-41(53)30-17-32(45)33(46)18-31(30)42(29)54)52(40-27(23(5)6)13-10-14-28(40)24(7)8)44-43(51)49-36-19-34(47)35(48)20-37(36)50-44/h9-24H,1-8H3. The van der Waals surface area contributed by atoms with Crippen molar-refractivity contribution in [3.05, 3.63) is 138 Å². The van der Waals surface area contributed by atoms with Crippen LogP contribution in [0.1, 0.15) is 122 Å². The van der Waals surface area contributed by atoms with Gasteiger partial charge in [-0.3, -0.25) is 19.4 Å². The summed E-state index contributed by atoms with van der Waals surface area (Å²) in [6.07, 6.45) is 3.46. The first-order valence-corrected chi connectivity index (χ1v) is 19.6.